The van der Waals surface area contributed by atoms with E-state index in [1.54, 1.807) is 55.6 Å². The molecule has 10 heteroatoms. The summed E-state index contributed by atoms with van der Waals surface area (Å²) < 4.78 is 29.3. The highest BCUT2D eigenvalue weighted by Gasteiger charge is 2.42. The normalized spacial score (nSPS) is 17.2. The third-order valence-electron chi connectivity index (χ3n) is 6.95. The number of piperidine rings is 1. The lowest BCUT2D eigenvalue weighted by Crippen LogP contribution is -2.56. The van der Waals surface area contributed by atoms with Gasteiger partial charge in [0.1, 0.15) is 18.1 Å². The van der Waals surface area contributed by atoms with Crippen LogP contribution in [0.5, 0.6) is 34.5 Å². The van der Waals surface area contributed by atoms with Crippen LogP contribution in [0.2, 0.25) is 0 Å². The minimum absolute atomic E-state index is 0.174. The maximum atomic E-state index is 13.5. The van der Waals surface area contributed by atoms with Gasteiger partial charge < -0.3 is 39.6 Å². The van der Waals surface area contributed by atoms with Gasteiger partial charge in [-0.2, -0.15) is 0 Å². The number of ether oxygens (including phenoxy) is 5. The predicted molar refractivity (Wildman–Crippen MR) is 148 cm³/mol. The zero-order valence-electron chi connectivity index (χ0n) is 22.6. The molecular weight excluding hydrogens is 514 g/mol. The van der Waals surface area contributed by atoms with Crippen LogP contribution in [0.25, 0.3) is 0 Å². The lowest BCUT2D eigenvalue weighted by molar-refractivity contribution is -0.139. The lowest BCUT2D eigenvalue weighted by atomic mass is 9.90. The van der Waals surface area contributed by atoms with Gasteiger partial charge in [0.2, 0.25) is 0 Å². The zero-order valence-corrected chi connectivity index (χ0v) is 22.6. The molecule has 0 aliphatic carbocycles. The Kier molecular flexibility index (Phi) is 8.26. The van der Waals surface area contributed by atoms with Crippen molar-refractivity contribution in [3.8, 4) is 34.5 Å². The van der Waals surface area contributed by atoms with E-state index in [9.17, 15) is 9.59 Å². The van der Waals surface area contributed by atoms with Gasteiger partial charge in [0.05, 0.1) is 20.8 Å². The highest BCUT2D eigenvalue weighted by atomic mass is 16.5. The van der Waals surface area contributed by atoms with Gasteiger partial charge in [-0.05, 0) is 73.3 Å². The van der Waals surface area contributed by atoms with Gasteiger partial charge in [-0.1, -0.05) is 6.07 Å². The summed E-state index contributed by atoms with van der Waals surface area (Å²) in [7, 11) is 3.06. The van der Waals surface area contributed by atoms with Crippen LogP contribution >= 0.6 is 0 Å². The first-order chi connectivity index (χ1) is 19.5. The number of carbonyl (C=O) groups excluding carboxylic acids is 2. The SMILES string of the molecule is COc1cc2ccc1Oc1ccc(cc1OC)C(=O)NCCOc1ccc(cc1)OC1(CCNCC1)C(=O)NC2. The van der Waals surface area contributed by atoms with Gasteiger partial charge in [-0.25, -0.2) is 0 Å². The van der Waals surface area contributed by atoms with Crippen LogP contribution in [0.15, 0.2) is 60.7 Å². The highest BCUT2D eigenvalue weighted by Crippen LogP contribution is 2.37. The summed E-state index contributed by atoms with van der Waals surface area (Å²) in [5.41, 5.74) is 0.262. The first-order valence-electron chi connectivity index (χ1n) is 13.2. The van der Waals surface area contributed by atoms with Crippen molar-refractivity contribution in [1.82, 2.24) is 16.0 Å². The summed E-state index contributed by atoms with van der Waals surface area (Å²) >= 11 is 0. The third kappa shape index (κ3) is 6.07. The van der Waals surface area contributed by atoms with Gasteiger partial charge in [0, 0.05) is 24.9 Å². The van der Waals surface area contributed by atoms with Gasteiger partial charge in [0.25, 0.3) is 11.8 Å². The Balaban J connectivity index is 1.45. The summed E-state index contributed by atoms with van der Waals surface area (Å²) in [5.74, 6) is 2.55. The van der Waals surface area contributed by atoms with Crippen molar-refractivity contribution in [2.45, 2.75) is 25.0 Å². The number of hydrogen-bond acceptors (Lipinski definition) is 8. The second kappa shape index (κ2) is 12.2. The minimum Gasteiger partial charge on any atom is -0.493 e. The van der Waals surface area contributed by atoms with Crippen LogP contribution in [-0.2, 0) is 11.3 Å². The zero-order chi connectivity index (χ0) is 28.0. The lowest BCUT2D eigenvalue weighted by Gasteiger charge is -2.36. The van der Waals surface area contributed by atoms with Gasteiger partial charge in [0.15, 0.2) is 28.6 Å². The second-order valence-corrected chi connectivity index (χ2v) is 9.56. The average molecular weight is 548 g/mol. The number of methoxy groups -OCH3 is 2. The number of amides is 2. The third-order valence-corrected chi connectivity index (χ3v) is 6.95. The van der Waals surface area contributed by atoms with Crippen molar-refractivity contribution in [3.63, 3.8) is 0 Å². The Morgan fingerprint density at radius 1 is 0.775 bits per heavy atom. The molecule has 3 N–H and O–H groups in total. The molecule has 7 aliphatic heterocycles. The highest BCUT2D eigenvalue weighted by molar-refractivity contribution is 5.94. The fourth-order valence-corrected chi connectivity index (χ4v) is 4.73. The number of hydrogen-bond donors (Lipinski definition) is 3. The molecule has 2 amide bonds. The molecule has 3 aromatic carbocycles. The molecule has 210 valence electrons. The van der Waals surface area contributed by atoms with E-state index in [-0.39, 0.29) is 25.0 Å². The van der Waals surface area contributed by atoms with E-state index < -0.39 is 5.60 Å². The van der Waals surface area contributed by atoms with Crippen molar-refractivity contribution in [1.29, 1.82) is 0 Å². The molecule has 0 atom stereocenters. The molecule has 7 aliphatic rings. The van der Waals surface area contributed by atoms with Crippen LogP contribution in [0.3, 0.4) is 0 Å². The maximum Gasteiger partial charge on any atom is 0.264 e. The number of carbonyl (C=O) groups is 2. The molecule has 0 radical (unpaired) electrons. The summed E-state index contributed by atoms with van der Waals surface area (Å²) in [4.78, 5) is 26.2. The second-order valence-electron chi connectivity index (χ2n) is 9.56. The molecule has 10 rings (SSSR count). The predicted octanol–water partition coefficient (Wildman–Crippen LogP) is 3.44. The van der Waals surface area contributed by atoms with Crippen LogP contribution < -0.4 is 39.6 Å². The topological polar surface area (TPSA) is 116 Å². The van der Waals surface area contributed by atoms with E-state index in [4.69, 9.17) is 23.7 Å². The molecule has 1 saturated heterocycles. The van der Waals surface area contributed by atoms with E-state index in [2.05, 4.69) is 16.0 Å². The van der Waals surface area contributed by atoms with Crippen LogP contribution in [0.4, 0.5) is 0 Å². The summed E-state index contributed by atoms with van der Waals surface area (Å²) in [5, 5.41) is 9.20. The smallest absolute Gasteiger partial charge is 0.264 e. The van der Waals surface area contributed by atoms with Crippen LogP contribution in [0.1, 0.15) is 28.8 Å². The maximum absolute atomic E-state index is 13.5. The Morgan fingerprint density at radius 3 is 2.17 bits per heavy atom. The molecule has 6 bridgehead atoms. The van der Waals surface area contributed by atoms with Crippen molar-refractivity contribution >= 4 is 11.8 Å². The van der Waals surface area contributed by atoms with Crippen molar-refractivity contribution in [3.05, 3.63) is 71.8 Å². The summed E-state index contributed by atoms with van der Waals surface area (Å²) in [6.07, 6.45) is 1.07. The van der Waals surface area contributed by atoms with Gasteiger partial charge in [-0.3, -0.25) is 9.59 Å². The number of rotatable bonds is 2. The standard InChI is InChI=1S/C30H33N3O7/c1-36-26-17-20-3-9-24(26)39-25-10-4-21(18-27(25)37-2)28(34)32-15-16-38-22-5-7-23(8-6-22)40-30(29(35)33-19-20)11-13-31-14-12-30/h3-10,17-18,31H,11-16,19H2,1-2H3,(H,32,34)(H,33,35). The molecule has 7 heterocycles. The molecule has 10 nitrogen and oxygen atoms in total. The Bertz CT molecular complexity index is 1350. The average Bonchev–Trinajstić information content (AvgIpc) is 2.99. The molecule has 0 aromatic heterocycles. The molecular formula is C30H33N3O7. The summed E-state index contributed by atoms with van der Waals surface area (Å²) in [6, 6.07) is 17.6. The molecule has 1 fully saturated rings. The Hall–Kier alpha value is -4.44. The fraction of sp³-hybridized carbons (Fsp3) is 0.333. The van der Waals surface area contributed by atoms with E-state index in [1.807, 2.05) is 12.1 Å². The molecule has 1 spiro atoms. The van der Waals surface area contributed by atoms with Gasteiger partial charge >= 0.3 is 0 Å². The number of nitrogens with one attached hydrogen (secondary N) is 3. The van der Waals surface area contributed by atoms with E-state index >= 15 is 0 Å². The van der Waals surface area contributed by atoms with E-state index in [0.717, 1.165) is 5.56 Å². The first-order valence-corrected chi connectivity index (χ1v) is 13.2. The molecule has 0 unspecified atom stereocenters. The van der Waals surface area contributed by atoms with Crippen molar-refractivity contribution in [2.75, 3.05) is 40.5 Å². The summed E-state index contributed by atoms with van der Waals surface area (Å²) in [6.45, 7) is 2.21. The van der Waals surface area contributed by atoms with E-state index in [0.29, 0.717) is 72.5 Å². The monoisotopic (exact) mass is 547 g/mol. The number of benzene rings is 3. The van der Waals surface area contributed by atoms with Crippen molar-refractivity contribution < 1.29 is 33.3 Å². The van der Waals surface area contributed by atoms with E-state index in [1.165, 1.54) is 7.11 Å². The van der Waals surface area contributed by atoms with Crippen molar-refractivity contribution in [2.24, 2.45) is 0 Å². The minimum atomic E-state index is -0.997. The molecule has 0 saturated carbocycles. The Morgan fingerprint density at radius 2 is 1.45 bits per heavy atom. The van der Waals surface area contributed by atoms with Crippen LogP contribution in [0, 0.1) is 0 Å². The first kappa shape index (κ1) is 27.1. The molecule has 40 heavy (non-hydrogen) atoms. The van der Waals surface area contributed by atoms with Crippen LogP contribution in [-0.4, -0.2) is 57.9 Å². The fourth-order valence-electron chi connectivity index (χ4n) is 4.73. The Labute approximate surface area is 232 Å². The molecule has 3 aromatic rings. The van der Waals surface area contributed by atoms with Gasteiger partial charge in [-0.15, -0.1) is 0 Å². The largest absolute Gasteiger partial charge is 0.493 e. The quantitative estimate of drug-likeness (QED) is 0.447.